The van der Waals surface area contributed by atoms with Gasteiger partial charge in [0, 0.05) is 35.9 Å². The molecule has 2 atom stereocenters. The predicted octanol–water partition coefficient (Wildman–Crippen LogP) is 6.88. The van der Waals surface area contributed by atoms with Gasteiger partial charge in [-0.2, -0.15) is 15.8 Å². The molecular weight excluding hydrogens is 570 g/mol. The number of fused-ring (bicyclic) bond motifs is 1. The zero-order chi connectivity index (χ0) is 31.6. The summed E-state index contributed by atoms with van der Waals surface area (Å²) in [6.07, 6.45) is 6.34. The number of nitrogens with zero attached hydrogens (tertiary/aromatic N) is 5. The van der Waals surface area contributed by atoms with Crippen LogP contribution in [0.4, 0.5) is 11.4 Å². The molecule has 9 nitrogen and oxygen atoms in total. The first-order valence-electron chi connectivity index (χ1n) is 14.9. The van der Waals surface area contributed by atoms with Crippen molar-refractivity contribution in [1.82, 2.24) is 21.0 Å². The zero-order valence-corrected chi connectivity index (χ0v) is 24.8. The number of anilines is 2. The highest BCUT2D eigenvalue weighted by atomic mass is 35.5. The number of hydrazine groups is 2. The third-order valence-corrected chi connectivity index (χ3v) is 8.19. The second-order valence-electron chi connectivity index (χ2n) is 10.8. The molecular formula is C34H30ClN9. The maximum absolute atomic E-state index is 10.1. The van der Waals surface area contributed by atoms with Crippen molar-refractivity contribution in [3.05, 3.63) is 112 Å². The Hall–Kier alpha value is -5.27. The molecule has 0 unspecified atom stereocenters. The molecule has 218 valence electrons. The van der Waals surface area contributed by atoms with E-state index in [0.717, 1.165) is 18.4 Å². The van der Waals surface area contributed by atoms with E-state index in [1.54, 1.807) is 18.2 Å². The fourth-order valence-electron chi connectivity index (χ4n) is 5.42. The molecule has 1 fully saturated rings. The number of halogens is 1. The number of nitriles is 3. The van der Waals surface area contributed by atoms with E-state index >= 15 is 0 Å². The zero-order valence-electron chi connectivity index (χ0n) is 25.0. The fraction of sp³-hybridized carbons (Fsp3) is 0.235. The van der Waals surface area contributed by atoms with E-state index in [4.69, 9.17) is 11.6 Å². The maximum atomic E-state index is 10.1. The van der Waals surface area contributed by atoms with Gasteiger partial charge in [-0.25, -0.2) is 0 Å². The van der Waals surface area contributed by atoms with Gasteiger partial charge in [-0.3, -0.25) is 9.99 Å². The average Bonchev–Trinajstić information content (AvgIpc) is 3.78. The molecule has 1 aliphatic carbocycles. The van der Waals surface area contributed by atoms with Gasteiger partial charge < -0.3 is 16.1 Å². The number of aromatic nitrogens is 1. The molecule has 1 aromatic heterocycles. The standard InChI is InChI=1S/C34H30ClN9/c1-21-23(17-37)9-5-10-27(21)34(31-20-44(43-42-31)26-12-13-26)40-25-15-28-32(24(18-38)19-39-33(28)29(35)16-25)41-30(11-6-14-36)22-7-3-2-4-8-22/h2-5,7-10,15-16,19-20,26,30,34,40,42-43H,6,11-13H2,1H3,(H,39,41)/t30-,34-/m1/s1/i34D. The SMILES string of the molecule is [2H][C@](Nc1cc(Cl)c2ncc(C#N)c(N[C@H](CCC#N)c3ccccc3)c2c1)(C1=CN(C2CC2)NN1)c1cccc(C#N)c1C. The fourth-order valence-corrected chi connectivity index (χ4v) is 5.69. The summed E-state index contributed by atoms with van der Waals surface area (Å²) in [5.41, 5.74) is 11.5. The number of benzene rings is 3. The van der Waals surface area contributed by atoms with Crippen LogP contribution in [0.15, 0.2) is 78.8 Å². The normalized spacial score (nSPS) is 16.4. The molecule has 4 aromatic rings. The highest BCUT2D eigenvalue weighted by Crippen LogP contribution is 2.39. The summed E-state index contributed by atoms with van der Waals surface area (Å²) < 4.78 is 9.90. The van der Waals surface area contributed by atoms with Crippen LogP contribution in [0.25, 0.3) is 10.9 Å². The van der Waals surface area contributed by atoms with Crippen LogP contribution in [0.1, 0.15) is 66.9 Å². The molecule has 4 N–H and O–H groups in total. The van der Waals surface area contributed by atoms with Crippen LogP contribution in [0, 0.1) is 40.9 Å². The molecule has 2 aliphatic rings. The Bertz CT molecular complexity index is 1920. The van der Waals surface area contributed by atoms with E-state index in [1.165, 1.54) is 6.20 Å². The van der Waals surface area contributed by atoms with Gasteiger partial charge >= 0.3 is 0 Å². The van der Waals surface area contributed by atoms with E-state index in [2.05, 4.69) is 44.8 Å². The Balaban J connectivity index is 1.47. The summed E-state index contributed by atoms with van der Waals surface area (Å²) in [5, 5.41) is 39.0. The third kappa shape index (κ3) is 5.82. The lowest BCUT2D eigenvalue weighted by molar-refractivity contribution is 0.260. The van der Waals surface area contributed by atoms with Crippen LogP contribution in [0.5, 0.6) is 0 Å². The van der Waals surface area contributed by atoms with Crippen molar-refractivity contribution >= 4 is 33.9 Å². The third-order valence-electron chi connectivity index (χ3n) is 7.90. The minimum Gasteiger partial charge on any atom is -0.377 e. The van der Waals surface area contributed by atoms with Gasteiger partial charge in [0.15, 0.2) is 0 Å². The van der Waals surface area contributed by atoms with Crippen molar-refractivity contribution in [3.63, 3.8) is 0 Å². The van der Waals surface area contributed by atoms with Gasteiger partial charge in [-0.1, -0.05) is 54.1 Å². The van der Waals surface area contributed by atoms with E-state index in [-0.39, 0.29) is 6.04 Å². The van der Waals surface area contributed by atoms with Crippen LogP contribution >= 0.6 is 11.6 Å². The highest BCUT2D eigenvalue weighted by molar-refractivity contribution is 6.35. The topological polar surface area (TPSA) is 136 Å². The summed E-state index contributed by atoms with van der Waals surface area (Å²) >= 11 is 6.84. The van der Waals surface area contributed by atoms with Crippen molar-refractivity contribution < 1.29 is 1.37 Å². The Morgan fingerprint density at radius 2 is 1.86 bits per heavy atom. The quantitative estimate of drug-likeness (QED) is 0.153. The average molecular weight is 601 g/mol. The van der Waals surface area contributed by atoms with E-state index in [1.807, 2.05) is 60.6 Å². The van der Waals surface area contributed by atoms with Gasteiger partial charge in [0.05, 0.1) is 58.6 Å². The first-order valence-corrected chi connectivity index (χ1v) is 14.8. The van der Waals surface area contributed by atoms with Gasteiger partial charge in [0.2, 0.25) is 0 Å². The monoisotopic (exact) mass is 600 g/mol. The van der Waals surface area contributed by atoms with Gasteiger partial charge in [-0.05, 0) is 61.1 Å². The lowest BCUT2D eigenvalue weighted by Gasteiger charge is -2.25. The van der Waals surface area contributed by atoms with Crippen LogP contribution in [0.2, 0.25) is 5.02 Å². The number of nitrogens with one attached hydrogen (secondary N) is 4. The molecule has 44 heavy (non-hydrogen) atoms. The first kappa shape index (κ1) is 27.6. The van der Waals surface area contributed by atoms with E-state index < -0.39 is 6.02 Å². The second kappa shape index (κ2) is 12.5. The Kier molecular flexibility index (Phi) is 7.85. The lowest BCUT2D eigenvalue weighted by atomic mass is 9.95. The molecule has 1 saturated carbocycles. The van der Waals surface area contributed by atoms with Crippen molar-refractivity contribution in [2.24, 2.45) is 0 Å². The van der Waals surface area contributed by atoms with Crippen molar-refractivity contribution in [1.29, 1.82) is 15.8 Å². The van der Waals surface area contributed by atoms with Gasteiger partial charge in [0.25, 0.3) is 0 Å². The summed E-state index contributed by atoms with van der Waals surface area (Å²) in [5.74, 6) is 0. The summed E-state index contributed by atoms with van der Waals surface area (Å²) in [7, 11) is 0. The molecule has 6 rings (SSSR count). The van der Waals surface area contributed by atoms with Crippen molar-refractivity contribution in [2.75, 3.05) is 10.6 Å². The maximum Gasteiger partial charge on any atom is 0.103 e. The number of hydrogen-bond donors (Lipinski definition) is 4. The van der Waals surface area contributed by atoms with E-state index in [9.17, 15) is 17.2 Å². The lowest BCUT2D eigenvalue weighted by Crippen LogP contribution is -2.38. The molecule has 0 amide bonds. The Morgan fingerprint density at radius 3 is 2.59 bits per heavy atom. The summed E-state index contributed by atoms with van der Waals surface area (Å²) in [4.78, 5) is 4.50. The molecule has 1 aliphatic heterocycles. The molecule has 3 aromatic carbocycles. The number of hydrogen-bond acceptors (Lipinski definition) is 9. The summed E-state index contributed by atoms with van der Waals surface area (Å²) in [6.45, 7) is 1.84. The minimum absolute atomic E-state index is 0.252. The predicted molar refractivity (Wildman–Crippen MR) is 171 cm³/mol. The minimum atomic E-state index is -1.56. The van der Waals surface area contributed by atoms with Gasteiger partial charge in [-0.15, -0.1) is 5.53 Å². The number of rotatable bonds is 10. The van der Waals surface area contributed by atoms with Crippen LogP contribution in [0.3, 0.4) is 0 Å². The van der Waals surface area contributed by atoms with Gasteiger partial charge in [0.1, 0.15) is 6.07 Å². The smallest absolute Gasteiger partial charge is 0.103 e. The first-order chi connectivity index (χ1) is 21.9. The highest BCUT2D eigenvalue weighted by Gasteiger charge is 2.33. The second-order valence-corrected chi connectivity index (χ2v) is 11.2. The Labute approximate surface area is 262 Å². The van der Waals surface area contributed by atoms with Crippen LogP contribution in [-0.4, -0.2) is 16.0 Å². The molecule has 0 spiro atoms. The number of pyridine rings is 1. The van der Waals surface area contributed by atoms with Crippen molar-refractivity contribution in [2.45, 2.75) is 50.7 Å². The van der Waals surface area contributed by atoms with Crippen LogP contribution < -0.4 is 21.6 Å². The van der Waals surface area contributed by atoms with Crippen molar-refractivity contribution in [3.8, 4) is 18.2 Å². The molecule has 0 radical (unpaired) electrons. The molecule has 0 saturated heterocycles. The Morgan fingerprint density at radius 1 is 1.07 bits per heavy atom. The largest absolute Gasteiger partial charge is 0.377 e. The molecule has 2 heterocycles. The molecule has 10 heteroatoms. The van der Waals surface area contributed by atoms with E-state index in [0.29, 0.717) is 74.1 Å². The summed E-state index contributed by atoms with van der Waals surface area (Å²) in [6, 6.07) is 23.9. The van der Waals surface area contributed by atoms with Crippen LogP contribution in [-0.2, 0) is 0 Å². The molecule has 0 bridgehead atoms.